The van der Waals surface area contributed by atoms with E-state index >= 15 is 0 Å². The number of para-hydroxylation sites is 1. The van der Waals surface area contributed by atoms with Crippen LogP contribution in [0.25, 0.3) is 0 Å². The Morgan fingerprint density at radius 1 is 1.11 bits per heavy atom. The van der Waals surface area contributed by atoms with Gasteiger partial charge < -0.3 is 4.90 Å². The van der Waals surface area contributed by atoms with Crippen molar-refractivity contribution in [1.29, 1.82) is 0 Å². The quantitative estimate of drug-likeness (QED) is 0.786. The van der Waals surface area contributed by atoms with Crippen molar-refractivity contribution in [3.63, 3.8) is 0 Å². The number of hydrogen-bond donors (Lipinski definition) is 0. The van der Waals surface area contributed by atoms with Crippen molar-refractivity contribution in [2.45, 2.75) is 24.8 Å². The molecular formula is C14H18Cl2N2. The van der Waals surface area contributed by atoms with Gasteiger partial charge in [0.05, 0.1) is 10.7 Å². The third kappa shape index (κ3) is 2.47. The molecule has 1 saturated carbocycles. The summed E-state index contributed by atoms with van der Waals surface area (Å²) in [4.78, 5) is 4.99. The van der Waals surface area contributed by atoms with Crippen molar-refractivity contribution in [3.05, 3.63) is 28.8 Å². The summed E-state index contributed by atoms with van der Waals surface area (Å²) in [5.74, 6) is 0.527. The standard InChI is InChI=1S/C14H18Cl2N2/c15-10-11-2-1-3-13(16)14(11)18-8-6-17(7-9-18)12-4-5-12/h1-3,12H,4-10H2. The zero-order valence-electron chi connectivity index (χ0n) is 10.4. The molecule has 1 heterocycles. The molecule has 0 atom stereocenters. The van der Waals surface area contributed by atoms with Crippen LogP contribution in [-0.2, 0) is 5.88 Å². The van der Waals surface area contributed by atoms with E-state index in [0.717, 1.165) is 48.5 Å². The summed E-state index contributed by atoms with van der Waals surface area (Å²) in [5, 5.41) is 0.827. The molecule has 2 aliphatic rings. The third-order valence-electron chi connectivity index (χ3n) is 3.91. The van der Waals surface area contributed by atoms with Gasteiger partial charge in [0.15, 0.2) is 0 Å². The average Bonchev–Trinajstić information content (AvgIpc) is 3.23. The van der Waals surface area contributed by atoms with E-state index < -0.39 is 0 Å². The Kier molecular flexibility index (Phi) is 3.69. The van der Waals surface area contributed by atoms with Crippen molar-refractivity contribution in [2.24, 2.45) is 0 Å². The number of anilines is 1. The lowest BCUT2D eigenvalue weighted by Gasteiger charge is -2.37. The smallest absolute Gasteiger partial charge is 0.0642 e. The van der Waals surface area contributed by atoms with Crippen LogP contribution in [0.15, 0.2) is 18.2 Å². The van der Waals surface area contributed by atoms with Crippen molar-refractivity contribution < 1.29 is 0 Å². The van der Waals surface area contributed by atoms with Crippen molar-refractivity contribution in [1.82, 2.24) is 4.90 Å². The molecule has 4 heteroatoms. The second-order valence-electron chi connectivity index (χ2n) is 5.14. The highest BCUT2D eigenvalue weighted by Gasteiger charge is 2.31. The van der Waals surface area contributed by atoms with Gasteiger partial charge in [-0.1, -0.05) is 23.7 Å². The van der Waals surface area contributed by atoms with Gasteiger partial charge >= 0.3 is 0 Å². The van der Waals surface area contributed by atoms with Crippen molar-refractivity contribution in [3.8, 4) is 0 Å². The minimum Gasteiger partial charge on any atom is -0.368 e. The van der Waals surface area contributed by atoms with Gasteiger partial charge in [0.1, 0.15) is 0 Å². The summed E-state index contributed by atoms with van der Waals surface area (Å²) >= 11 is 12.4. The molecule has 1 aliphatic heterocycles. The van der Waals surface area contributed by atoms with Crippen LogP contribution in [0, 0.1) is 0 Å². The minimum atomic E-state index is 0.527. The largest absolute Gasteiger partial charge is 0.368 e. The fourth-order valence-electron chi connectivity index (χ4n) is 2.77. The number of hydrogen-bond acceptors (Lipinski definition) is 2. The predicted molar refractivity (Wildman–Crippen MR) is 77.8 cm³/mol. The van der Waals surface area contributed by atoms with Crippen LogP contribution in [-0.4, -0.2) is 37.1 Å². The van der Waals surface area contributed by atoms with Crippen LogP contribution < -0.4 is 4.90 Å². The number of benzene rings is 1. The highest BCUT2D eigenvalue weighted by atomic mass is 35.5. The molecule has 0 N–H and O–H groups in total. The summed E-state index contributed by atoms with van der Waals surface area (Å²) in [7, 11) is 0. The molecule has 1 saturated heterocycles. The highest BCUT2D eigenvalue weighted by Crippen LogP contribution is 2.33. The Hall–Kier alpha value is -0.440. The molecule has 0 aromatic heterocycles. The maximum absolute atomic E-state index is 6.34. The van der Waals surface area contributed by atoms with Gasteiger partial charge in [0.25, 0.3) is 0 Å². The molecular weight excluding hydrogens is 267 g/mol. The summed E-state index contributed by atoms with van der Waals surface area (Å²) in [6, 6.07) is 6.87. The van der Waals surface area contributed by atoms with Crippen LogP contribution >= 0.6 is 23.2 Å². The molecule has 98 valence electrons. The van der Waals surface area contributed by atoms with Gasteiger partial charge in [0, 0.05) is 38.1 Å². The SMILES string of the molecule is ClCc1cccc(Cl)c1N1CCN(C2CC2)CC1. The Labute approximate surface area is 118 Å². The second-order valence-corrected chi connectivity index (χ2v) is 5.81. The molecule has 0 radical (unpaired) electrons. The monoisotopic (exact) mass is 284 g/mol. The molecule has 1 aliphatic carbocycles. The van der Waals surface area contributed by atoms with Gasteiger partial charge in [-0.15, -0.1) is 11.6 Å². The maximum atomic E-state index is 6.34. The molecule has 0 amide bonds. The first-order valence-electron chi connectivity index (χ1n) is 6.62. The predicted octanol–water partition coefficient (Wildman–Crippen LogP) is 3.36. The summed E-state index contributed by atoms with van der Waals surface area (Å²) in [5.41, 5.74) is 2.29. The number of nitrogens with zero attached hydrogens (tertiary/aromatic N) is 2. The van der Waals surface area contributed by atoms with Crippen LogP contribution in [0.1, 0.15) is 18.4 Å². The van der Waals surface area contributed by atoms with E-state index in [4.69, 9.17) is 23.2 Å². The first kappa shape index (κ1) is 12.6. The van der Waals surface area contributed by atoms with E-state index in [0.29, 0.717) is 5.88 Å². The Morgan fingerprint density at radius 2 is 1.83 bits per heavy atom. The van der Waals surface area contributed by atoms with Gasteiger partial charge in [-0.3, -0.25) is 4.90 Å². The number of piperazine rings is 1. The molecule has 1 aromatic rings. The molecule has 0 unspecified atom stereocenters. The molecule has 1 aromatic carbocycles. The zero-order chi connectivity index (χ0) is 12.5. The van der Waals surface area contributed by atoms with Crippen molar-refractivity contribution in [2.75, 3.05) is 31.1 Å². The van der Waals surface area contributed by atoms with Gasteiger partial charge in [-0.2, -0.15) is 0 Å². The lowest BCUT2D eigenvalue weighted by molar-refractivity contribution is 0.248. The van der Waals surface area contributed by atoms with Crippen LogP contribution in [0.5, 0.6) is 0 Å². The molecule has 0 spiro atoms. The average molecular weight is 285 g/mol. The van der Waals surface area contributed by atoms with E-state index in [1.54, 1.807) is 0 Å². The zero-order valence-corrected chi connectivity index (χ0v) is 11.9. The minimum absolute atomic E-state index is 0.527. The van der Waals surface area contributed by atoms with Crippen LogP contribution in [0.3, 0.4) is 0 Å². The number of rotatable bonds is 3. The highest BCUT2D eigenvalue weighted by molar-refractivity contribution is 6.33. The lowest BCUT2D eigenvalue weighted by Crippen LogP contribution is -2.47. The Morgan fingerprint density at radius 3 is 2.44 bits per heavy atom. The van der Waals surface area contributed by atoms with Crippen LogP contribution in [0.4, 0.5) is 5.69 Å². The van der Waals surface area contributed by atoms with E-state index in [9.17, 15) is 0 Å². The van der Waals surface area contributed by atoms with Crippen LogP contribution in [0.2, 0.25) is 5.02 Å². The molecule has 2 fully saturated rings. The van der Waals surface area contributed by atoms with E-state index in [-0.39, 0.29) is 0 Å². The Balaban J connectivity index is 1.75. The normalized spacial score (nSPS) is 21.3. The first-order valence-corrected chi connectivity index (χ1v) is 7.53. The second kappa shape index (κ2) is 5.28. The van der Waals surface area contributed by atoms with Gasteiger partial charge in [-0.25, -0.2) is 0 Å². The molecule has 2 nitrogen and oxygen atoms in total. The lowest BCUT2D eigenvalue weighted by atomic mass is 10.1. The molecule has 3 rings (SSSR count). The fourth-order valence-corrected chi connectivity index (χ4v) is 3.30. The maximum Gasteiger partial charge on any atom is 0.0642 e. The first-order chi connectivity index (χ1) is 8.79. The summed E-state index contributed by atoms with van der Waals surface area (Å²) in [6.45, 7) is 4.42. The van der Waals surface area contributed by atoms with E-state index in [1.807, 2.05) is 12.1 Å². The third-order valence-corrected chi connectivity index (χ3v) is 4.50. The fraction of sp³-hybridized carbons (Fsp3) is 0.571. The number of alkyl halides is 1. The summed E-state index contributed by atoms with van der Waals surface area (Å²) in [6.07, 6.45) is 2.78. The number of halogens is 2. The van der Waals surface area contributed by atoms with E-state index in [1.165, 1.54) is 12.8 Å². The summed E-state index contributed by atoms with van der Waals surface area (Å²) < 4.78 is 0. The molecule has 18 heavy (non-hydrogen) atoms. The topological polar surface area (TPSA) is 6.48 Å². The Bertz CT molecular complexity index is 424. The van der Waals surface area contributed by atoms with E-state index in [2.05, 4.69) is 15.9 Å². The van der Waals surface area contributed by atoms with Gasteiger partial charge in [-0.05, 0) is 24.5 Å². The van der Waals surface area contributed by atoms with Crippen molar-refractivity contribution >= 4 is 28.9 Å². The molecule has 0 bridgehead atoms. The van der Waals surface area contributed by atoms with Gasteiger partial charge in [0.2, 0.25) is 0 Å².